The number of halogens is 2. The molecule has 0 atom stereocenters. The first-order chi connectivity index (χ1) is 9.89. The minimum absolute atomic E-state index is 0.0242. The smallest absolute Gasteiger partial charge is 0.244 e. The standard InChI is InChI=1S/C13H17Cl2NO4S/c1-16(9-4-6-20-7-5-9)21(18,19)12-3-2-11(14)10(8-17)13(12)15/h2-3,9,17H,4-8H2,1H3. The molecule has 0 saturated carbocycles. The van der Waals surface area contributed by atoms with E-state index >= 15 is 0 Å². The molecule has 1 heterocycles. The number of hydrogen-bond acceptors (Lipinski definition) is 4. The van der Waals surface area contributed by atoms with Gasteiger partial charge in [0.25, 0.3) is 0 Å². The lowest BCUT2D eigenvalue weighted by Crippen LogP contribution is -2.40. The number of benzene rings is 1. The summed E-state index contributed by atoms with van der Waals surface area (Å²) in [5, 5.41) is 9.50. The van der Waals surface area contributed by atoms with Crippen LogP contribution in [0.1, 0.15) is 18.4 Å². The summed E-state index contributed by atoms with van der Waals surface area (Å²) >= 11 is 12.0. The lowest BCUT2D eigenvalue weighted by atomic mass is 10.1. The van der Waals surface area contributed by atoms with E-state index in [-0.39, 0.29) is 26.5 Å². The molecule has 21 heavy (non-hydrogen) atoms. The largest absolute Gasteiger partial charge is 0.392 e. The van der Waals surface area contributed by atoms with Crippen molar-refractivity contribution >= 4 is 33.2 Å². The Balaban J connectivity index is 2.39. The second-order valence-electron chi connectivity index (χ2n) is 4.86. The van der Waals surface area contributed by atoms with Gasteiger partial charge in [0.1, 0.15) is 4.90 Å². The lowest BCUT2D eigenvalue weighted by Gasteiger charge is -2.30. The van der Waals surface area contributed by atoms with Gasteiger partial charge in [0.05, 0.1) is 11.6 Å². The van der Waals surface area contributed by atoms with Gasteiger partial charge in [-0.05, 0) is 25.0 Å². The Morgan fingerprint density at radius 3 is 2.52 bits per heavy atom. The molecule has 8 heteroatoms. The highest BCUT2D eigenvalue weighted by Gasteiger charge is 2.31. The second kappa shape index (κ2) is 6.81. The Kier molecular flexibility index (Phi) is 5.51. The van der Waals surface area contributed by atoms with Crippen LogP contribution in [-0.2, 0) is 21.4 Å². The maximum Gasteiger partial charge on any atom is 0.244 e. The number of sulfonamides is 1. The van der Waals surface area contributed by atoms with Crippen molar-refractivity contribution < 1.29 is 18.3 Å². The van der Waals surface area contributed by atoms with Gasteiger partial charge in [-0.15, -0.1) is 0 Å². The van der Waals surface area contributed by atoms with Crippen LogP contribution in [0.2, 0.25) is 10.0 Å². The molecular weight excluding hydrogens is 337 g/mol. The third-order valence-corrected chi connectivity index (χ3v) is 6.52. The molecule has 1 aliphatic rings. The fourth-order valence-electron chi connectivity index (χ4n) is 2.32. The Morgan fingerprint density at radius 1 is 1.33 bits per heavy atom. The van der Waals surface area contributed by atoms with E-state index in [2.05, 4.69) is 0 Å². The van der Waals surface area contributed by atoms with E-state index in [0.29, 0.717) is 26.1 Å². The maximum atomic E-state index is 12.7. The fourth-order valence-corrected chi connectivity index (χ4v) is 4.61. The van der Waals surface area contributed by atoms with E-state index < -0.39 is 16.6 Å². The summed E-state index contributed by atoms with van der Waals surface area (Å²) in [7, 11) is -2.21. The summed E-state index contributed by atoms with van der Waals surface area (Å²) in [5.74, 6) is 0. The molecule has 1 N–H and O–H groups in total. The van der Waals surface area contributed by atoms with Gasteiger partial charge in [-0.1, -0.05) is 23.2 Å². The lowest BCUT2D eigenvalue weighted by molar-refractivity contribution is 0.0632. The number of aliphatic hydroxyl groups excluding tert-OH is 1. The van der Waals surface area contributed by atoms with Crippen LogP contribution >= 0.6 is 23.2 Å². The molecule has 0 amide bonds. The van der Waals surface area contributed by atoms with Crippen LogP contribution in [0.3, 0.4) is 0 Å². The van der Waals surface area contributed by atoms with Gasteiger partial charge in [-0.2, -0.15) is 4.31 Å². The zero-order chi connectivity index (χ0) is 15.6. The quantitative estimate of drug-likeness (QED) is 0.901. The molecule has 0 aromatic heterocycles. The summed E-state index contributed by atoms with van der Waals surface area (Å²) in [4.78, 5) is -0.0355. The zero-order valence-corrected chi connectivity index (χ0v) is 13.9. The predicted octanol–water partition coefficient (Wildman–Crippen LogP) is 2.29. The van der Waals surface area contributed by atoms with Gasteiger partial charge in [0, 0.05) is 36.9 Å². The van der Waals surface area contributed by atoms with Gasteiger partial charge in [-0.25, -0.2) is 8.42 Å². The number of rotatable bonds is 4. The van der Waals surface area contributed by atoms with Gasteiger partial charge in [-0.3, -0.25) is 0 Å². The van der Waals surface area contributed by atoms with Crippen molar-refractivity contribution in [1.82, 2.24) is 4.31 Å². The third-order valence-electron chi connectivity index (χ3n) is 3.67. The van der Waals surface area contributed by atoms with E-state index in [1.54, 1.807) is 0 Å². The first-order valence-electron chi connectivity index (χ1n) is 6.53. The number of aliphatic hydroxyl groups is 1. The Labute approximate surface area is 134 Å². The van der Waals surface area contributed by atoms with Gasteiger partial charge >= 0.3 is 0 Å². The minimum atomic E-state index is -3.74. The molecule has 1 aliphatic heterocycles. The first-order valence-corrected chi connectivity index (χ1v) is 8.72. The summed E-state index contributed by atoms with van der Waals surface area (Å²) in [5.41, 5.74) is 0.222. The first kappa shape index (κ1) is 17.0. The molecule has 0 unspecified atom stereocenters. The number of hydrogen-bond donors (Lipinski definition) is 1. The van der Waals surface area contributed by atoms with Crippen molar-refractivity contribution in [2.24, 2.45) is 0 Å². The van der Waals surface area contributed by atoms with Crippen LogP contribution in [0.4, 0.5) is 0 Å². The van der Waals surface area contributed by atoms with Gasteiger partial charge < -0.3 is 9.84 Å². The van der Waals surface area contributed by atoms with E-state index in [1.165, 1.54) is 23.5 Å². The highest BCUT2D eigenvalue weighted by Crippen LogP contribution is 2.33. The number of nitrogens with zero attached hydrogens (tertiary/aromatic N) is 1. The van der Waals surface area contributed by atoms with Crippen molar-refractivity contribution in [3.8, 4) is 0 Å². The van der Waals surface area contributed by atoms with Crippen LogP contribution in [0, 0.1) is 0 Å². The molecule has 0 aliphatic carbocycles. The monoisotopic (exact) mass is 353 g/mol. The van der Waals surface area contributed by atoms with Crippen LogP contribution in [-0.4, -0.2) is 44.1 Å². The summed E-state index contributed by atoms with van der Waals surface area (Å²) in [6, 6.07) is 2.69. The molecule has 2 rings (SSSR count). The van der Waals surface area contributed by atoms with Crippen LogP contribution < -0.4 is 0 Å². The van der Waals surface area contributed by atoms with Gasteiger partial charge in [0.15, 0.2) is 0 Å². The summed E-state index contributed by atoms with van der Waals surface area (Å²) in [6.07, 6.45) is 1.29. The zero-order valence-electron chi connectivity index (χ0n) is 11.6. The third kappa shape index (κ3) is 3.36. The molecule has 1 aromatic rings. The highest BCUT2D eigenvalue weighted by molar-refractivity contribution is 7.89. The van der Waals surface area contributed by atoms with E-state index in [9.17, 15) is 13.5 Å². The summed E-state index contributed by atoms with van der Waals surface area (Å²) in [6.45, 7) is 0.670. The summed E-state index contributed by atoms with van der Waals surface area (Å²) < 4.78 is 32.0. The fraction of sp³-hybridized carbons (Fsp3) is 0.538. The average Bonchev–Trinajstić information content (AvgIpc) is 2.47. The topological polar surface area (TPSA) is 66.8 Å². The van der Waals surface area contributed by atoms with Gasteiger partial charge in [0.2, 0.25) is 10.0 Å². The Bertz CT molecular complexity index is 615. The van der Waals surface area contributed by atoms with Crippen molar-refractivity contribution in [1.29, 1.82) is 0 Å². The van der Waals surface area contributed by atoms with Crippen LogP contribution in [0.15, 0.2) is 17.0 Å². The molecule has 0 spiro atoms. The van der Waals surface area contributed by atoms with Crippen molar-refractivity contribution in [2.75, 3.05) is 20.3 Å². The molecule has 1 aromatic carbocycles. The van der Waals surface area contributed by atoms with Crippen LogP contribution in [0.25, 0.3) is 0 Å². The van der Waals surface area contributed by atoms with E-state index in [0.717, 1.165) is 0 Å². The molecule has 5 nitrogen and oxygen atoms in total. The molecule has 0 bridgehead atoms. The van der Waals surface area contributed by atoms with E-state index in [1.807, 2.05) is 0 Å². The molecule has 1 fully saturated rings. The number of ether oxygens (including phenoxy) is 1. The highest BCUT2D eigenvalue weighted by atomic mass is 35.5. The second-order valence-corrected chi connectivity index (χ2v) is 7.61. The Hall–Kier alpha value is -0.370. The molecule has 1 saturated heterocycles. The van der Waals surface area contributed by atoms with E-state index in [4.69, 9.17) is 27.9 Å². The van der Waals surface area contributed by atoms with Crippen molar-refractivity contribution in [3.05, 3.63) is 27.7 Å². The van der Waals surface area contributed by atoms with Crippen LogP contribution in [0.5, 0.6) is 0 Å². The molecular formula is C13H17Cl2NO4S. The molecule has 0 radical (unpaired) electrons. The minimum Gasteiger partial charge on any atom is -0.392 e. The average molecular weight is 354 g/mol. The predicted molar refractivity (Wildman–Crippen MR) is 81.2 cm³/mol. The molecule has 118 valence electrons. The van der Waals surface area contributed by atoms with Crippen molar-refractivity contribution in [2.45, 2.75) is 30.4 Å². The SMILES string of the molecule is CN(C1CCOCC1)S(=O)(=O)c1ccc(Cl)c(CO)c1Cl. The normalized spacial score (nSPS) is 17.4. The Morgan fingerprint density at radius 2 is 1.95 bits per heavy atom. The maximum absolute atomic E-state index is 12.7. The van der Waals surface area contributed by atoms with Crippen molar-refractivity contribution in [3.63, 3.8) is 0 Å².